The van der Waals surface area contributed by atoms with E-state index < -0.39 is 0 Å². The zero-order valence-electron chi connectivity index (χ0n) is 21.5. The first-order valence-electron chi connectivity index (χ1n) is 11.8. The number of furan rings is 1. The van der Waals surface area contributed by atoms with E-state index in [0.717, 1.165) is 23.4 Å². The molecule has 0 aliphatic heterocycles. The fourth-order valence-corrected chi connectivity index (χ4v) is 3.57. The minimum atomic E-state index is 0.0901. The summed E-state index contributed by atoms with van der Waals surface area (Å²) in [6, 6.07) is 6.05. The normalized spacial score (nSPS) is 10.9. The lowest BCUT2D eigenvalue weighted by molar-refractivity contribution is 0.506. The third-order valence-electron chi connectivity index (χ3n) is 5.51. The van der Waals surface area contributed by atoms with Gasteiger partial charge in [0.1, 0.15) is 5.76 Å². The summed E-state index contributed by atoms with van der Waals surface area (Å²) in [4.78, 5) is 34.7. The van der Waals surface area contributed by atoms with E-state index in [1.807, 2.05) is 61.2 Å². The Kier molecular flexibility index (Phi) is 7.86. The Morgan fingerprint density at radius 3 is 2.32 bits per heavy atom. The predicted molar refractivity (Wildman–Crippen MR) is 144 cm³/mol. The minimum Gasteiger partial charge on any atom is -0.469 e. The molecule has 0 aliphatic carbocycles. The minimum absolute atomic E-state index is 0.0901. The Bertz CT molecular complexity index is 1270. The first-order chi connectivity index (χ1) is 17.8. The van der Waals surface area contributed by atoms with Crippen LogP contribution in [0.1, 0.15) is 17.0 Å². The van der Waals surface area contributed by atoms with Crippen molar-refractivity contribution in [1.29, 1.82) is 0 Å². The van der Waals surface area contributed by atoms with Gasteiger partial charge in [-0.15, -0.1) is 0 Å². The van der Waals surface area contributed by atoms with E-state index in [4.69, 9.17) is 15.9 Å². The van der Waals surface area contributed by atoms with Crippen molar-refractivity contribution in [2.45, 2.75) is 19.4 Å². The number of aromatic nitrogens is 7. The van der Waals surface area contributed by atoms with E-state index in [9.17, 15) is 0 Å². The summed E-state index contributed by atoms with van der Waals surface area (Å²) >= 11 is 0. The SMILES string of the molecule is CN(C)c1nc(NCCc2ccc[nH]2)nc(N(C)Cc2coc(CCN(C)c3nc(N)nc(N)n3)c2)n1. The molecule has 4 aromatic rings. The Morgan fingerprint density at radius 1 is 0.892 bits per heavy atom. The molecule has 37 heavy (non-hydrogen) atoms. The zero-order chi connectivity index (χ0) is 26.4. The molecule has 0 saturated heterocycles. The van der Waals surface area contributed by atoms with Crippen molar-refractivity contribution < 1.29 is 4.42 Å². The molecule has 0 radical (unpaired) electrons. The van der Waals surface area contributed by atoms with Crippen molar-refractivity contribution in [3.05, 3.63) is 47.7 Å². The molecular weight excluding hydrogens is 474 g/mol. The Hall–Kier alpha value is -4.62. The first kappa shape index (κ1) is 25.5. The highest BCUT2D eigenvalue weighted by Gasteiger charge is 2.14. The number of nitrogens with one attached hydrogen (secondary N) is 2. The first-order valence-corrected chi connectivity index (χ1v) is 11.8. The number of rotatable bonds is 12. The van der Waals surface area contributed by atoms with Crippen molar-refractivity contribution in [3.8, 4) is 0 Å². The number of anilines is 6. The second kappa shape index (κ2) is 11.4. The fraction of sp³-hybridized carbons (Fsp3) is 0.391. The van der Waals surface area contributed by atoms with Crippen LogP contribution < -0.4 is 31.5 Å². The fourth-order valence-electron chi connectivity index (χ4n) is 3.57. The van der Waals surface area contributed by atoms with Crippen LogP contribution in [0.4, 0.5) is 35.7 Å². The standard InChI is InChI=1S/C23H33N13O/c1-34(2)21-31-20(27-10-7-16-6-5-9-26-16)32-23(33-21)36(4)13-15-12-17(37-14-15)8-11-35(3)22-29-18(24)28-19(25)30-22/h5-6,9,12,14,26H,7-8,10-11,13H2,1-4H3,(H,27,31,32,33)(H4,24,25,28,29,30). The summed E-state index contributed by atoms with van der Waals surface area (Å²) in [6.45, 7) is 1.88. The zero-order valence-corrected chi connectivity index (χ0v) is 21.5. The summed E-state index contributed by atoms with van der Waals surface area (Å²) in [5, 5.41) is 3.30. The molecule has 4 aromatic heterocycles. The third-order valence-corrected chi connectivity index (χ3v) is 5.51. The average Bonchev–Trinajstić information content (AvgIpc) is 3.54. The molecule has 0 saturated carbocycles. The maximum absolute atomic E-state index is 5.78. The van der Waals surface area contributed by atoms with Crippen molar-refractivity contribution in [2.75, 3.05) is 72.8 Å². The lowest BCUT2D eigenvalue weighted by Gasteiger charge is -2.19. The largest absolute Gasteiger partial charge is 0.469 e. The summed E-state index contributed by atoms with van der Waals surface area (Å²) < 4.78 is 5.78. The Balaban J connectivity index is 1.36. The number of aromatic amines is 1. The smallest absolute Gasteiger partial charge is 0.232 e. The van der Waals surface area contributed by atoms with Gasteiger partial charge >= 0.3 is 0 Å². The van der Waals surface area contributed by atoms with Crippen molar-refractivity contribution in [3.63, 3.8) is 0 Å². The molecule has 4 heterocycles. The number of hydrogen-bond donors (Lipinski definition) is 4. The second-order valence-corrected chi connectivity index (χ2v) is 8.83. The highest BCUT2D eigenvalue weighted by molar-refractivity contribution is 5.45. The molecule has 6 N–H and O–H groups in total. The van der Waals surface area contributed by atoms with Crippen molar-refractivity contribution in [2.24, 2.45) is 0 Å². The van der Waals surface area contributed by atoms with E-state index in [1.165, 1.54) is 0 Å². The number of nitrogens with two attached hydrogens (primary N) is 2. The molecule has 0 amide bonds. The van der Waals surface area contributed by atoms with E-state index in [1.54, 1.807) is 6.26 Å². The van der Waals surface area contributed by atoms with Crippen LogP contribution in [0.25, 0.3) is 0 Å². The predicted octanol–water partition coefficient (Wildman–Crippen LogP) is 1.18. The van der Waals surface area contributed by atoms with Crippen LogP contribution in [-0.2, 0) is 19.4 Å². The Morgan fingerprint density at radius 2 is 1.62 bits per heavy atom. The lowest BCUT2D eigenvalue weighted by atomic mass is 10.2. The van der Waals surface area contributed by atoms with Crippen molar-refractivity contribution >= 4 is 35.7 Å². The van der Waals surface area contributed by atoms with Crippen LogP contribution >= 0.6 is 0 Å². The van der Waals surface area contributed by atoms with Gasteiger partial charge in [-0.1, -0.05) is 0 Å². The number of likely N-dealkylation sites (N-methyl/N-ethyl adjacent to an activating group) is 1. The lowest BCUT2D eigenvalue weighted by Crippen LogP contribution is -2.24. The van der Waals surface area contributed by atoms with E-state index in [-0.39, 0.29) is 11.9 Å². The van der Waals surface area contributed by atoms with Crippen LogP contribution in [0, 0.1) is 0 Å². The number of hydrogen-bond acceptors (Lipinski definition) is 13. The molecular formula is C23H33N13O. The van der Waals surface area contributed by atoms with Gasteiger partial charge in [-0.2, -0.15) is 29.9 Å². The van der Waals surface area contributed by atoms with Crippen LogP contribution in [0.5, 0.6) is 0 Å². The monoisotopic (exact) mass is 507 g/mol. The quantitative estimate of drug-likeness (QED) is 0.215. The van der Waals surface area contributed by atoms with Gasteiger partial charge in [-0.3, -0.25) is 0 Å². The van der Waals surface area contributed by atoms with Gasteiger partial charge < -0.3 is 40.9 Å². The van der Waals surface area contributed by atoms with Crippen LogP contribution in [0.3, 0.4) is 0 Å². The van der Waals surface area contributed by atoms with Crippen molar-refractivity contribution in [1.82, 2.24) is 34.9 Å². The molecule has 0 unspecified atom stereocenters. The van der Waals surface area contributed by atoms with Gasteiger partial charge in [-0.05, 0) is 18.2 Å². The number of H-pyrrole nitrogens is 1. The summed E-state index contributed by atoms with van der Waals surface area (Å²) in [7, 11) is 7.61. The Labute approximate surface area is 215 Å². The van der Waals surface area contributed by atoms with E-state index >= 15 is 0 Å². The number of nitrogen functional groups attached to an aromatic ring is 2. The molecule has 14 nitrogen and oxygen atoms in total. The average molecular weight is 508 g/mol. The molecule has 4 rings (SSSR count). The van der Waals surface area contributed by atoms with Crippen LogP contribution in [0.15, 0.2) is 35.1 Å². The van der Waals surface area contributed by atoms with E-state index in [0.29, 0.717) is 49.8 Å². The molecule has 0 aromatic carbocycles. The molecule has 0 atom stereocenters. The third kappa shape index (κ3) is 6.96. The maximum Gasteiger partial charge on any atom is 0.232 e. The maximum atomic E-state index is 5.78. The molecule has 0 fully saturated rings. The van der Waals surface area contributed by atoms with Gasteiger partial charge in [-0.25, -0.2) is 0 Å². The molecule has 0 bridgehead atoms. The molecule has 14 heteroatoms. The van der Waals surface area contributed by atoms with Crippen LogP contribution in [0.2, 0.25) is 0 Å². The molecule has 0 aliphatic rings. The highest BCUT2D eigenvalue weighted by atomic mass is 16.3. The summed E-state index contributed by atoms with van der Waals surface area (Å²) in [5.41, 5.74) is 13.5. The number of nitrogens with zero attached hydrogens (tertiary/aromatic N) is 9. The topological polar surface area (TPSA) is 180 Å². The van der Waals surface area contributed by atoms with E-state index in [2.05, 4.69) is 46.3 Å². The summed E-state index contributed by atoms with van der Waals surface area (Å²) in [6.07, 6.45) is 5.14. The van der Waals surface area contributed by atoms with Crippen LogP contribution in [-0.4, -0.2) is 76.2 Å². The van der Waals surface area contributed by atoms with Gasteiger partial charge in [0.25, 0.3) is 0 Å². The highest BCUT2D eigenvalue weighted by Crippen LogP contribution is 2.18. The van der Waals surface area contributed by atoms with Gasteiger partial charge in [0.05, 0.1) is 6.26 Å². The second-order valence-electron chi connectivity index (χ2n) is 8.83. The van der Waals surface area contributed by atoms with Gasteiger partial charge in [0.2, 0.25) is 35.7 Å². The van der Waals surface area contributed by atoms with Gasteiger partial charge in [0, 0.05) is 78.1 Å². The molecule has 196 valence electrons. The molecule has 0 spiro atoms. The summed E-state index contributed by atoms with van der Waals surface area (Å²) in [5.74, 6) is 3.10. The van der Waals surface area contributed by atoms with Gasteiger partial charge in [0.15, 0.2) is 0 Å².